The van der Waals surface area contributed by atoms with E-state index in [4.69, 9.17) is 0 Å². The zero-order valence-corrected chi connectivity index (χ0v) is 11.1. The summed E-state index contributed by atoms with van der Waals surface area (Å²) in [4.78, 5) is 11.5. The molecule has 0 heterocycles. The molecule has 1 aliphatic carbocycles. The quantitative estimate of drug-likeness (QED) is 0.599. The lowest BCUT2D eigenvalue weighted by atomic mass is 9.80. The molecule has 1 saturated carbocycles. The minimum absolute atomic E-state index is 0.158. The molecule has 0 spiro atoms. The van der Waals surface area contributed by atoms with Crippen LogP contribution < -0.4 is 10.6 Å². The van der Waals surface area contributed by atoms with Crippen LogP contribution in [0, 0.1) is 0 Å². The Morgan fingerprint density at radius 1 is 1.41 bits per heavy atom. The Morgan fingerprint density at radius 2 is 2.12 bits per heavy atom. The van der Waals surface area contributed by atoms with Crippen LogP contribution in [0.3, 0.4) is 0 Å². The molecule has 0 aromatic rings. The minimum Gasteiger partial charge on any atom is -0.388 e. The van der Waals surface area contributed by atoms with E-state index in [1.807, 2.05) is 6.92 Å². The summed E-state index contributed by atoms with van der Waals surface area (Å²) in [6.45, 7) is 4.57. The van der Waals surface area contributed by atoms with Gasteiger partial charge in [0.15, 0.2) is 0 Å². The van der Waals surface area contributed by atoms with E-state index in [9.17, 15) is 9.90 Å². The Kier molecular flexibility index (Phi) is 5.75. The van der Waals surface area contributed by atoms with Crippen molar-refractivity contribution in [3.8, 4) is 0 Å². The Hall–Kier alpha value is -0.770. The van der Waals surface area contributed by atoms with Crippen LogP contribution in [0.5, 0.6) is 0 Å². The van der Waals surface area contributed by atoms with E-state index in [-0.39, 0.29) is 12.1 Å². The number of aliphatic hydroxyl groups is 1. The van der Waals surface area contributed by atoms with Crippen molar-refractivity contribution >= 4 is 6.03 Å². The third-order valence-corrected chi connectivity index (χ3v) is 3.48. The zero-order valence-electron chi connectivity index (χ0n) is 11.1. The molecule has 17 heavy (non-hydrogen) atoms. The Labute approximate surface area is 104 Å². The van der Waals surface area contributed by atoms with Gasteiger partial charge in [0, 0.05) is 12.6 Å². The molecule has 100 valence electrons. The van der Waals surface area contributed by atoms with E-state index in [2.05, 4.69) is 17.6 Å². The van der Waals surface area contributed by atoms with Crippen molar-refractivity contribution in [3.05, 3.63) is 0 Å². The number of urea groups is 1. The Bertz CT molecular complexity index is 240. The van der Waals surface area contributed by atoms with Gasteiger partial charge in [-0.1, -0.05) is 26.2 Å². The second-order valence-electron chi connectivity index (χ2n) is 5.30. The Balaban J connectivity index is 2.07. The molecule has 1 fully saturated rings. The first kappa shape index (κ1) is 14.3. The fourth-order valence-corrected chi connectivity index (χ4v) is 2.05. The van der Waals surface area contributed by atoms with Crippen molar-refractivity contribution in [1.29, 1.82) is 0 Å². The molecule has 4 heteroatoms. The average Bonchev–Trinajstić information content (AvgIpc) is 2.24. The van der Waals surface area contributed by atoms with Crippen LogP contribution in [0.4, 0.5) is 4.79 Å². The maximum atomic E-state index is 11.5. The third-order valence-electron chi connectivity index (χ3n) is 3.48. The maximum Gasteiger partial charge on any atom is 0.315 e. The van der Waals surface area contributed by atoms with E-state index in [1.165, 1.54) is 12.8 Å². The number of unbranched alkanes of at least 4 members (excludes halogenated alkanes) is 2. The van der Waals surface area contributed by atoms with Crippen molar-refractivity contribution < 1.29 is 9.90 Å². The lowest BCUT2D eigenvalue weighted by molar-refractivity contribution is -0.0290. The largest absolute Gasteiger partial charge is 0.388 e. The first-order valence-electron chi connectivity index (χ1n) is 6.82. The van der Waals surface area contributed by atoms with Crippen molar-refractivity contribution in [2.75, 3.05) is 6.54 Å². The van der Waals surface area contributed by atoms with Gasteiger partial charge < -0.3 is 15.7 Å². The highest BCUT2D eigenvalue weighted by atomic mass is 16.3. The van der Waals surface area contributed by atoms with Gasteiger partial charge in [-0.05, 0) is 32.6 Å². The van der Waals surface area contributed by atoms with E-state index >= 15 is 0 Å². The van der Waals surface area contributed by atoms with Gasteiger partial charge >= 0.3 is 6.03 Å². The summed E-state index contributed by atoms with van der Waals surface area (Å²) in [5, 5.41) is 15.5. The van der Waals surface area contributed by atoms with Gasteiger partial charge in [-0.2, -0.15) is 0 Å². The van der Waals surface area contributed by atoms with E-state index < -0.39 is 5.60 Å². The molecule has 0 bridgehead atoms. The monoisotopic (exact) mass is 242 g/mol. The van der Waals surface area contributed by atoms with Crippen molar-refractivity contribution in [1.82, 2.24) is 10.6 Å². The molecule has 0 aliphatic heterocycles. The highest BCUT2D eigenvalue weighted by molar-refractivity contribution is 5.74. The molecule has 3 N–H and O–H groups in total. The highest BCUT2D eigenvalue weighted by Crippen LogP contribution is 2.30. The van der Waals surface area contributed by atoms with Gasteiger partial charge in [-0.15, -0.1) is 0 Å². The molecular weight excluding hydrogens is 216 g/mol. The summed E-state index contributed by atoms with van der Waals surface area (Å²) < 4.78 is 0. The van der Waals surface area contributed by atoms with Gasteiger partial charge in [0.1, 0.15) is 0 Å². The van der Waals surface area contributed by atoms with Gasteiger partial charge in [-0.25, -0.2) is 4.79 Å². The molecule has 1 unspecified atom stereocenters. The molecular formula is C13H26N2O2. The van der Waals surface area contributed by atoms with Crippen molar-refractivity contribution in [2.45, 2.75) is 70.4 Å². The van der Waals surface area contributed by atoms with Gasteiger partial charge in [0.05, 0.1) is 5.60 Å². The standard InChI is InChI=1S/C13H26N2O2/c1-3-4-5-7-11(2)15-12(16)14-10-13(17)8-6-9-13/h11,17H,3-10H2,1-2H3,(H2,14,15,16). The molecule has 0 radical (unpaired) electrons. The molecule has 1 rings (SSSR count). The number of nitrogens with one attached hydrogen (secondary N) is 2. The number of hydrogen-bond donors (Lipinski definition) is 3. The molecule has 4 nitrogen and oxygen atoms in total. The molecule has 1 atom stereocenters. The van der Waals surface area contributed by atoms with Crippen LogP contribution in [-0.4, -0.2) is 29.3 Å². The number of carbonyl (C=O) groups is 1. The maximum absolute atomic E-state index is 11.5. The topological polar surface area (TPSA) is 61.4 Å². The van der Waals surface area contributed by atoms with Gasteiger partial charge in [0.2, 0.25) is 0 Å². The van der Waals surface area contributed by atoms with Crippen LogP contribution in [0.1, 0.15) is 58.8 Å². The molecule has 2 amide bonds. The van der Waals surface area contributed by atoms with Crippen LogP contribution in [0.15, 0.2) is 0 Å². The number of amides is 2. The van der Waals surface area contributed by atoms with E-state index in [0.717, 1.165) is 32.1 Å². The van der Waals surface area contributed by atoms with E-state index in [0.29, 0.717) is 6.54 Å². The lowest BCUT2D eigenvalue weighted by Gasteiger charge is -2.36. The smallest absolute Gasteiger partial charge is 0.315 e. The zero-order chi connectivity index (χ0) is 12.7. The first-order valence-corrected chi connectivity index (χ1v) is 6.82. The van der Waals surface area contributed by atoms with Crippen LogP contribution >= 0.6 is 0 Å². The SMILES string of the molecule is CCCCCC(C)NC(=O)NCC1(O)CCC1. The second-order valence-corrected chi connectivity index (χ2v) is 5.30. The van der Waals surface area contributed by atoms with Crippen molar-refractivity contribution in [3.63, 3.8) is 0 Å². The molecule has 0 aromatic heterocycles. The third kappa shape index (κ3) is 5.39. The predicted octanol–water partition coefficient (Wildman–Crippen LogP) is 2.17. The predicted molar refractivity (Wildman–Crippen MR) is 68.9 cm³/mol. The molecule has 0 aromatic carbocycles. The summed E-state index contributed by atoms with van der Waals surface area (Å²) in [7, 11) is 0. The van der Waals surface area contributed by atoms with Gasteiger partial charge in [0.25, 0.3) is 0 Å². The number of hydrogen-bond acceptors (Lipinski definition) is 2. The Morgan fingerprint density at radius 3 is 2.65 bits per heavy atom. The summed E-state index contributed by atoms with van der Waals surface area (Å²) in [6.07, 6.45) is 7.26. The summed E-state index contributed by atoms with van der Waals surface area (Å²) in [6, 6.07) is 0.0481. The average molecular weight is 242 g/mol. The normalized spacial score (nSPS) is 19.2. The lowest BCUT2D eigenvalue weighted by Crippen LogP contribution is -2.51. The van der Waals surface area contributed by atoms with E-state index in [1.54, 1.807) is 0 Å². The summed E-state index contributed by atoms with van der Waals surface area (Å²) in [5.41, 5.74) is -0.636. The fourth-order valence-electron chi connectivity index (χ4n) is 2.05. The summed E-state index contributed by atoms with van der Waals surface area (Å²) >= 11 is 0. The van der Waals surface area contributed by atoms with Crippen molar-refractivity contribution in [2.24, 2.45) is 0 Å². The second kappa shape index (κ2) is 6.84. The highest BCUT2D eigenvalue weighted by Gasteiger charge is 2.34. The van der Waals surface area contributed by atoms with Crippen LogP contribution in [0.25, 0.3) is 0 Å². The van der Waals surface area contributed by atoms with Gasteiger partial charge in [-0.3, -0.25) is 0 Å². The summed E-state index contributed by atoms with van der Waals surface area (Å²) in [5.74, 6) is 0. The van der Waals surface area contributed by atoms with Crippen LogP contribution in [0.2, 0.25) is 0 Å². The fraction of sp³-hybridized carbons (Fsp3) is 0.923. The first-order chi connectivity index (χ1) is 8.06. The van der Waals surface area contributed by atoms with Crippen LogP contribution in [-0.2, 0) is 0 Å². The number of carbonyl (C=O) groups excluding carboxylic acids is 1. The molecule has 0 saturated heterocycles. The number of rotatable bonds is 7. The molecule has 1 aliphatic rings. The minimum atomic E-state index is -0.636.